The molecule has 0 spiro atoms. The van der Waals surface area contributed by atoms with Crippen molar-refractivity contribution in [2.75, 3.05) is 19.8 Å². The maximum Gasteiger partial charge on any atom is 0.413 e. The minimum atomic E-state index is -2.90. The van der Waals surface area contributed by atoms with Crippen LogP contribution in [0.4, 0.5) is 0 Å². The molecule has 0 atom stereocenters. The Bertz CT molecular complexity index is 706. The molecule has 0 amide bonds. The van der Waals surface area contributed by atoms with Gasteiger partial charge in [-0.25, -0.2) is 4.79 Å². The van der Waals surface area contributed by atoms with Crippen LogP contribution in [0.5, 0.6) is 0 Å². The minimum Gasteiger partial charge on any atom is -0.457 e. The third kappa shape index (κ3) is 4.85. The van der Waals surface area contributed by atoms with Crippen LogP contribution in [0.1, 0.15) is 29.1 Å². The molecule has 0 saturated heterocycles. The zero-order valence-electron chi connectivity index (χ0n) is 13.9. The van der Waals surface area contributed by atoms with Crippen molar-refractivity contribution in [1.82, 2.24) is 0 Å². The van der Waals surface area contributed by atoms with Gasteiger partial charge in [0.15, 0.2) is 6.16 Å². The first-order valence-electron chi connectivity index (χ1n) is 7.71. The second-order valence-corrected chi connectivity index (χ2v) is 8.19. The number of thiophene rings is 1. The molecule has 24 heavy (non-hydrogen) atoms. The molecule has 1 N–H and O–H groups in total. The van der Waals surface area contributed by atoms with Crippen molar-refractivity contribution >= 4 is 35.3 Å². The van der Waals surface area contributed by atoms with Crippen LogP contribution in [0.25, 0.3) is 10.1 Å². The summed E-state index contributed by atoms with van der Waals surface area (Å²) in [6.45, 7) is 8.16. The summed E-state index contributed by atoms with van der Waals surface area (Å²) in [5, 5.41) is 0.933. The van der Waals surface area contributed by atoms with Crippen LogP contribution in [0.2, 0.25) is 0 Å². The maximum atomic E-state index is 11.9. The van der Waals surface area contributed by atoms with Gasteiger partial charge in [-0.3, -0.25) is 0 Å². The molecule has 0 radical (unpaired) electrons. The van der Waals surface area contributed by atoms with Crippen LogP contribution in [-0.2, 0) is 19.9 Å². The summed E-state index contributed by atoms with van der Waals surface area (Å²) in [5.41, 5.74) is 0.907. The summed E-state index contributed by atoms with van der Waals surface area (Å²) in [6, 6.07) is 7.59. The molecule has 0 aliphatic heterocycles. The number of benzene rings is 1. The molecule has 130 valence electrons. The highest BCUT2D eigenvalue weighted by molar-refractivity contribution is 7.59. The van der Waals surface area contributed by atoms with Gasteiger partial charge >= 0.3 is 13.9 Å². The largest absolute Gasteiger partial charge is 0.457 e. The van der Waals surface area contributed by atoms with Gasteiger partial charge in [-0.1, -0.05) is 18.7 Å². The molecule has 0 saturated carbocycles. The molecule has 5 nitrogen and oxygen atoms in total. The summed E-state index contributed by atoms with van der Waals surface area (Å²) in [5.74, 6) is -0.356. The Hall–Kier alpha value is -1.30. The van der Waals surface area contributed by atoms with Gasteiger partial charge in [-0.2, -0.15) is 13.9 Å². The number of hydrogen-bond acceptors (Lipinski definition) is 6. The standard InChI is InChI=1S/C17H22O5PS/c1-4-9-20-17(18)16-11-14-10-13(7-8-15(14)24-16)12-23(19,21-5-2)22-6-3/h4,7-8,10-11,19H,1,5-6,9,12H2,2-3H3/q+1. The lowest BCUT2D eigenvalue weighted by molar-refractivity contribution is 0.0555. The van der Waals surface area contributed by atoms with Crippen LogP contribution in [0, 0.1) is 0 Å². The van der Waals surface area contributed by atoms with Crippen LogP contribution in [-0.4, -0.2) is 30.7 Å². The first-order valence-corrected chi connectivity index (χ1v) is 10.3. The Kier molecular flexibility index (Phi) is 6.90. The van der Waals surface area contributed by atoms with E-state index in [0.29, 0.717) is 24.3 Å². The third-order valence-corrected chi connectivity index (χ3v) is 6.34. The van der Waals surface area contributed by atoms with E-state index in [9.17, 15) is 9.69 Å². The zero-order chi connectivity index (χ0) is 17.6. The van der Waals surface area contributed by atoms with Gasteiger partial charge in [-0.05, 0) is 43.0 Å². The molecule has 2 rings (SSSR count). The van der Waals surface area contributed by atoms with Gasteiger partial charge in [0.1, 0.15) is 11.5 Å². The van der Waals surface area contributed by atoms with E-state index in [-0.39, 0.29) is 12.6 Å². The normalized spacial score (nSPS) is 11.6. The number of carbonyl (C=O) groups is 1. The highest BCUT2D eigenvalue weighted by Crippen LogP contribution is 2.59. The predicted molar refractivity (Wildman–Crippen MR) is 98.4 cm³/mol. The van der Waals surface area contributed by atoms with E-state index in [4.69, 9.17) is 13.8 Å². The van der Waals surface area contributed by atoms with Crippen LogP contribution in [0.15, 0.2) is 36.9 Å². The van der Waals surface area contributed by atoms with E-state index in [1.165, 1.54) is 17.4 Å². The zero-order valence-corrected chi connectivity index (χ0v) is 15.6. The van der Waals surface area contributed by atoms with E-state index >= 15 is 0 Å². The fraction of sp³-hybridized carbons (Fsp3) is 0.353. The molecular weight excluding hydrogens is 347 g/mol. The Balaban J connectivity index is 2.21. The summed E-state index contributed by atoms with van der Waals surface area (Å²) in [7, 11) is -2.90. The topological polar surface area (TPSA) is 65.0 Å². The quantitative estimate of drug-likeness (QED) is 0.398. The number of fused-ring (bicyclic) bond motifs is 1. The smallest absolute Gasteiger partial charge is 0.413 e. The van der Waals surface area contributed by atoms with Gasteiger partial charge in [0, 0.05) is 4.70 Å². The lowest BCUT2D eigenvalue weighted by Gasteiger charge is -2.15. The van der Waals surface area contributed by atoms with Gasteiger partial charge in [0.2, 0.25) is 0 Å². The molecule has 0 fully saturated rings. The Labute approximate surface area is 146 Å². The number of esters is 1. The van der Waals surface area contributed by atoms with Crippen molar-refractivity contribution in [3.05, 3.63) is 47.4 Å². The average Bonchev–Trinajstić information content (AvgIpc) is 2.96. The van der Waals surface area contributed by atoms with Gasteiger partial charge in [-0.15, -0.1) is 11.3 Å². The van der Waals surface area contributed by atoms with E-state index < -0.39 is 7.94 Å². The molecule has 2 aromatic rings. The second kappa shape index (κ2) is 8.70. The Morgan fingerprint density at radius 2 is 2.00 bits per heavy atom. The SMILES string of the molecule is C=CCOC(=O)c1cc2cc(C[P+](O)(OCC)OCC)ccc2s1. The first kappa shape index (κ1) is 19.0. The van der Waals surface area contributed by atoms with Crippen LogP contribution >= 0.6 is 19.3 Å². The molecule has 0 aliphatic carbocycles. The summed E-state index contributed by atoms with van der Waals surface area (Å²) in [4.78, 5) is 23.0. The average molecular weight is 369 g/mol. The van der Waals surface area contributed by atoms with Gasteiger partial charge in [0.05, 0.1) is 13.2 Å². The summed E-state index contributed by atoms with van der Waals surface area (Å²) >= 11 is 1.38. The number of rotatable bonds is 9. The highest BCUT2D eigenvalue weighted by Gasteiger charge is 2.40. The molecule has 1 aromatic heterocycles. The first-order chi connectivity index (χ1) is 11.5. The third-order valence-electron chi connectivity index (χ3n) is 3.16. The fourth-order valence-corrected chi connectivity index (χ4v) is 4.92. The molecule has 0 unspecified atom stereocenters. The predicted octanol–water partition coefficient (Wildman–Crippen LogP) is 4.57. The van der Waals surface area contributed by atoms with Crippen molar-refractivity contribution in [3.63, 3.8) is 0 Å². The minimum absolute atomic E-state index is 0.193. The van der Waals surface area contributed by atoms with Crippen molar-refractivity contribution < 1.29 is 23.5 Å². The van der Waals surface area contributed by atoms with E-state index in [0.717, 1.165) is 15.6 Å². The van der Waals surface area contributed by atoms with E-state index in [1.54, 1.807) is 6.07 Å². The van der Waals surface area contributed by atoms with Crippen molar-refractivity contribution in [3.8, 4) is 0 Å². The monoisotopic (exact) mass is 369 g/mol. The lowest BCUT2D eigenvalue weighted by atomic mass is 10.2. The molecule has 0 bridgehead atoms. The van der Waals surface area contributed by atoms with Crippen LogP contribution < -0.4 is 0 Å². The van der Waals surface area contributed by atoms with E-state index in [1.807, 2.05) is 32.0 Å². The number of ether oxygens (including phenoxy) is 1. The maximum absolute atomic E-state index is 11.9. The van der Waals surface area contributed by atoms with Crippen molar-refractivity contribution in [1.29, 1.82) is 0 Å². The molecule has 1 aromatic carbocycles. The van der Waals surface area contributed by atoms with E-state index in [2.05, 4.69) is 6.58 Å². The molecule has 7 heteroatoms. The number of hydrogen-bond donors (Lipinski definition) is 1. The van der Waals surface area contributed by atoms with Gasteiger partial charge < -0.3 is 4.74 Å². The molecule has 0 aliphatic rings. The Morgan fingerprint density at radius 1 is 1.29 bits per heavy atom. The second-order valence-electron chi connectivity index (χ2n) is 5.00. The van der Waals surface area contributed by atoms with Crippen molar-refractivity contribution in [2.45, 2.75) is 20.0 Å². The number of carbonyl (C=O) groups excluding carboxylic acids is 1. The molecular formula is C17H22O5PS+. The summed E-state index contributed by atoms with van der Waals surface area (Å²) < 4.78 is 16.9. The Morgan fingerprint density at radius 3 is 2.62 bits per heavy atom. The van der Waals surface area contributed by atoms with Crippen LogP contribution in [0.3, 0.4) is 0 Å². The highest BCUT2D eigenvalue weighted by atomic mass is 32.1. The summed E-state index contributed by atoms with van der Waals surface area (Å²) in [6.07, 6.45) is 1.85. The fourth-order valence-electron chi connectivity index (χ4n) is 2.26. The van der Waals surface area contributed by atoms with Crippen molar-refractivity contribution in [2.24, 2.45) is 0 Å². The molecule has 1 heterocycles. The lowest BCUT2D eigenvalue weighted by Crippen LogP contribution is -2.05. The van der Waals surface area contributed by atoms with Gasteiger partial charge in [0.25, 0.3) is 0 Å².